The second kappa shape index (κ2) is 8.52. The van der Waals surface area contributed by atoms with Crippen molar-refractivity contribution in [2.24, 2.45) is 0 Å². The number of hydrogen-bond acceptors (Lipinski definition) is 6. The number of esters is 1. The van der Waals surface area contributed by atoms with Crippen molar-refractivity contribution in [3.8, 4) is 6.07 Å². The summed E-state index contributed by atoms with van der Waals surface area (Å²) >= 11 is 0. The van der Waals surface area contributed by atoms with E-state index in [0.717, 1.165) is 4.90 Å². The first-order chi connectivity index (χ1) is 13.3. The average Bonchev–Trinajstić information content (AvgIpc) is 2.92. The summed E-state index contributed by atoms with van der Waals surface area (Å²) in [5, 5.41) is 14.0. The Bertz CT molecular complexity index is 841. The second-order valence-corrected chi connectivity index (χ2v) is 6.42. The molecule has 28 heavy (non-hydrogen) atoms. The lowest BCUT2D eigenvalue weighted by atomic mass is 9.93. The number of imide groups is 1. The molecular weight excluding hydrogens is 364 g/mol. The summed E-state index contributed by atoms with van der Waals surface area (Å²) in [6.07, 6.45) is -0.346. The largest absolute Gasteiger partial charge is 0.451 e. The van der Waals surface area contributed by atoms with Crippen LogP contribution in [0.2, 0.25) is 0 Å². The van der Waals surface area contributed by atoms with Crippen LogP contribution in [0.3, 0.4) is 0 Å². The second-order valence-electron chi connectivity index (χ2n) is 6.42. The third kappa shape index (κ3) is 4.28. The van der Waals surface area contributed by atoms with Gasteiger partial charge in [0.15, 0.2) is 6.10 Å². The maximum Gasteiger partial charge on any atom is 0.327 e. The number of carbonyl (C=O) groups excluding carboxylic acids is 4. The van der Waals surface area contributed by atoms with E-state index in [1.54, 1.807) is 32.0 Å². The molecule has 4 amide bonds. The lowest BCUT2D eigenvalue weighted by Crippen LogP contribution is -2.46. The summed E-state index contributed by atoms with van der Waals surface area (Å²) < 4.78 is 5.05. The van der Waals surface area contributed by atoms with E-state index in [1.807, 2.05) is 6.07 Å². The molecule has 0 saturated carbocycles. The van der Waals surface area contributed by atoms with Gasteiger partial charge in [-0.1, -0.05) is 19.9 Å². The van der Waals surface area contributed by atoms with Crippen LogP contribution in [0.15, 0.2) is 24.3 Å². The van der Waals surface area contributed by atoms with Crippen molar-refractivity contribution in [2.75, 3.05) is 11.9 Å². The highest BCUT2D eigenvalue weighted by atomic mass is 16.5. The van der Waals surface area contributed by atoms with E-state index in [1.165, 1.54) is 13.0 Å². The smallest absolute Gasteiger partial charge is 0.327 e. The molecule has 1 aliphatic heterocycles. The molecule has 9 nitrogen and oxygen atoms in total. The number of anilines is 1. The van der Waals surface area contributed by atoms with Crippen molar-refractivity contribution in [2.45, 2.75) is 45.3 Å². The SMILES string of the molecule is CCC1(CC)NC(=O)N(CC(=O)OC(C)C(=O)Nc2cccc(C#N)c2)C1=O. The molecule has 1 heterocycles. The molecule has 0 bridgehead atoms. The van der Waals surface area contributed by atoms with E-state index in [4.69, 9.17) is 10.00 Å². The van der Waals surface area contributed by atoms with Crippen LogP contribution in [-0.2, 0) is 19.1 Å². The van der Waals surface area contributed by atoms with Gasteiger partial charge in [0.2, 0.25) is 0 Å². The Kier molecular flexibility index (Phi) is 6.36. The summed E-state index contributed by atoms with van der Waals surface area (Å²) in [5.74, 6) is -1.96. The van der Waals surface area contributed by atoms with Crippen LogP contribution in [0.25, 0.3) is 0 Å². The van der Waals surface area contributed by atoms with Gasteiger partial charge in [-0.3, -0.25) is 19.3 Å². The zero-order valence-corrected chi connectivity index (χ0v) is 15.9. The van der Waals surface area contributed by atoms with Crippen LogP contribution in [0.4, 0.5) is 10.5 Å². The van der Waals surface area contributed by atoms with Crippen molar-refractivity contribution >= 4 is 29.5 Å². The molecule has 0 aromatic heterocycles. The first-order valence-corrected chi connectivity index (χ1v) is 8.91. The van der Waals surface area contributed by atoms with Crippen LogP contribution in [0.1, 0.15) is 39.2 Å². The first-order valence-electron chi connectivity index (χ1n) is 8.91. The molecule has 148 valence electrons. The zero-order chi connectivity index (χ0) is 20.9. The Morgan fingerprint density at radius 2 is 2.00 bits per heavy atom. The fourth-order valence-corrected chi connectivity index (χ4v) is 2.88. The standard InChI is InChI=1S/C19H22N4O5/c1-4-19(5-2)17(26)23(18(27)22-19)11-15(24)28-12(3)16(25)21-14-8-6-7-13(9-14)10-20/h6-9,12H,4-5,11H2,1-3H3,(H,21,25)(H,22,27). The Labute approximate surface area is 162 Å². The van der Waals surface area contributed by atoms with Gasteiger partial charge < -0.3 is 15.4 Å². The minimum absolute atomic E-state index is 0.372. The van der Waals surface area contributed by atoms with Crippen LogP contribution >= 0.6 is 0 Å². The minimum atomic E-state index is -1.15. The minimum Gasteiger partial charge on any atom is -0.451 e. The highest BCUT2D eigenvalue weighted by molar-refractivity contribution is 6.08. The molecular formula is C19H22N4O5. The van der Waals surface area contributed by atoms with Crippen LogP contribution in [-0.4, -0.2) is 46.9 Å². The number of nitrogens with one attached hydrogen (secondary N) is 2. The Hall–Kier alpha value is -3.41. The monoisotopic (exact) mass is 386 g/mol. The summed E-state index contributed by atoms with van der Waals surface area (Å²) in [4.78, 5) is 49.6. The molecule has 0 spiro atoms. The van der Waals surface area contributed by atoms with E-state index < -0.39 is 42.0 Å². The van der Waals surface area contributed by atoms with Gasteiger partial charge in [0, 0.05) is 5.69 Å². The predicted octanol–water partition coefficient (Wildman–Crippen LogP) is 1.54. The maximum atomic E-state index is 12.5. The van der Waals surface area contributed by atoms with E-state index in [9.17, 15) is 19.2 Å². The lowest BCUT2D eigenvalue weighted by molar-refractivity contribution is -0.155. The van der Waals surface area contributed by atoms with Crippen molar-refractivity contribution < 1.29 is 23.9 Å². The van der Waals surface area contributed by atoms with Gasteiger partial charge in [-0.05, 0) is 38.0 Å². The molecule has 1 aromatic rings. The molecule has 1 saturated heterocycles. The molecule has 0 radical (unpaired) electrons. The number of carbonyl (C=O) groups is 4. The summed E-state index contributed by atoms with van der Waals surface area (Å²) in [6.45, 7) is 4.35. The quantitative estimate of drug-likeness (QED) is 0.540. The van der Waals surface area contributed by atoms with Crippen LogP contribution in [0.5, 0.6) is 0 Å². The third-order valence-electron chi connectivity index (χ3n) is 4.68. The number of benzene rings is 1. The summed E-state index contributed by atoms with van der Waals surface area (Å²) in [5.41, 5.74) is -0.250. The molecule has 2 N–H and O–H groups in total. The van der Waals surface area contributed by atoms with E-state index >= 15 is 0 Å². The lowest BCUT2D eigenvalue weighted by Gasteiger charge is -2.23. The van der Waals surface area contributed by atoms with Gasteiger partial charge in [-0.2, -0.15) is 5.26 Å². The number of amides is 4. The van der Waals surface area contributed by atoms with Gasteiger partial charge in [0.25, 0.3) is 11.8 Å². The number of ether oxygens (including phenoxy) is 1. The van der Waals surface area contributed by atoms with Crippen molar-refractivity contribution in [3.05, 3.63) is 29.8 Å². The number of nitriles is 1. The van der Waals surface area contributed by atoms with E-state index in [-0.39, 0.29) is 0 Å². The van der Waals surface area contributed by atoms with Gasteiger partial charge in [-0.25, -0.2) is 4.79 Å². The summed E-state index contributed by atoms with van der Waals surface area (Å²) in [6, 6.07) is 7.57. The van der Waals surface area contributed by atoms with E-state index in [2.05, 4.69) is 10.6 Å². The van der Waals surface area contributed by atoms with Gasteiger partial charge in [0.05, 0.1) is 11.6 Å². The molecule has 1 unspecified atom stereocenters. The summed E-state index contributed by atoms with van der Waals surface area (Å²) in [7, 11) is 0. The molecule has 1 fully saturated rings. The molecule has 2 rings (SSSR count). The molecule has 1 atom stereocenters. The molecule has 9 heteroatoms. The molecule has 0 aliphatic carbocycles. The highest BCUT2D eigenvalue weighted by Gasteiger charge is 2.49. The Morgan fingerprint density at radius 3 is 2.57 bits per heavy atom. The van der Waals surface area contributed by atoms with Gasteiger partial charge >= 0.3 is 12.0 Å². The van der Waals surface area contributed by atoms with Crippen LogP contribution in [0, 0.1) is 11.3 Å². The van der Waals surface area contributed by atoms with Crippen molar-refractivity contribution in [3.63, 3.8) is 0 Å². The van der Waals surface area contributed by atoms with Crippen molar-refractivity contribution in [1.82, 2.24) is 10.2 Å². The first kappa shape index (κ1) is 20.9. The average molecular weight is 386 g/mol. The van der Waals surface area contributed by atoms with Crippen LogP contribution < -0.4 is 10.6 Å². The predicted molar refractivity (Wildman–Crippen MR) is 98.9 cm³/mol. The highest BCUT2D eigenvalue weighted by Crippen LogP contribution is 2.24. The molecule has 1 aliphatic rings. The van der Waals surface area contributed by atoms with Gasteiger partial charge in [-0.15, -0.1) is 0 Å². The molecule has 1 aromatic carbocycles. The number of rotatable bonds is 7. The number of nitrogens with zero attached hydrogens (tertiary/aromatic N) is 2. The number of urea groups is 1. The fraction of sp³-hybridized carbons (Fsp3) is 0.421. The van der Waals surface area contributed by atoms with Gasteiger partial charge in [0.1, 0.15) is 12.1 Å². The normalized spacial score (nSPS) is 16.1. The topological polar surface area (TPSA) is 129 Å². The van der Waals surface area contributed by atoms with E-state index in [0.29, 0.717) is 24.1 Å². The fourth-order valence-electron chi connectivity index (χ4n) is 2.88. The maximum absolute atomic E-state index is 12.5. The van der Waals surface area contributed by atoms with Crippen molar-refractivity contribution in [1.29, 1.82) is 5.26 Å². The Balaban J connectivity index is 1.95. The third-order valence-corrected chi connectivity index (χ3v) is 4.68. The Morgan fingerprint density at radius 1 is 1.32 bits per heavy atom. The number of hydrogen-bond donors (Lipinski definition) is 2. The zero-order valence-electron chi connectivity index (χ0n) is 15.9.